The SMILES string of the molecule is O=C(c1ccncn1)N1C[C@H]2CCN[C@H]2C1. The first-order valence-electron chi connectivity index (χ1n) is 5.63. The number of amides is 1. The minimum Gasteiger partial charge on any atom is -0.335 e. The molecule has 0 aromatic carbocycles. The Hall–Kier alpha value is -1.49. The molecule has 0 saturated carbocycles. The molecular weight excluding hydrogens is 204 g/mol. The minimum absolute atomic E-state index is 0.0265. The highest BCUT2D eigenvalue weighted by Crippen LogP contribution is 2.25. The van der Waals surface area contributed by atoms with Crippen LogP contribution in [0.25, 0.3) is 0 Å². The lowest BCUT2D eigenvalue weighted by molar-refractivity contribution is 0.0776. The van der Waals surface area contributed by atoms with E-state index in [4.69, 9.17) is 0 Å². The molecule has 3 rings (SSSR count). The molecule has 2 atom stereocenters. The van der Waals surface area contributed by atoms with Gasteiger partial charge in [-0.05, 0) is 24.9 Å². The van der Waals surface area contributed by atoms with Crippen molar-refractivity contribution in [3.05, 3.63) is 24.3 Å². The molecule has 5 nitrogen and oxygen atoms in total. The van der Waals surface area contributed by atoms with Crippen LogP contribution in [-0.4, -0.2) is 46.5 Å². The van der Waals surface area contributed by atoms with Gasteiger partial charge in [0, 0.05) is 25.3 Å². The average Bonchev–Trinajstić information content (AvgIpc) is 2.89. The molecule has 1 aromatic heterocycles. The predicted molar refractivity (Wildman–Crippen MR) is 57.8 cm³/mol. The topological polar surface area (TPSA) is 58.1 Å². The summed E-state index contributed by atoms with van der Waals surface area (Å²) in [4.78, 5) is 21.8. The van der Waals surface area contributed by atoms with Gasteiger partial charge in [0.15, 0.2) is 0 Å². The summed E-state index contributed by atoms with van der Waals surface area (Å²) in [5, 5.41) is 3.43. The summed E-state index contributed by atoms with van der Waals surface area (Å²) in [5.41, 5.74) is 0.495. The highest BCUT2D eigenvalue weighted by molar-refractivity contribution is 5.92. The number of hydrogen-bond donors (Lipinski definition) is 1. The predicted octanol–water partition coefficient (Wildman–Crippen LogP) is -0.0895. The van der Waals surface area contributed by atoms with Gasteiger partial charge in [-0.15, -0.1) is 0 Å². The summed E-state index contributed by atoms with van der Waals surface area (Å²) in [6.45, 7) is 2.76. The van der Waals surface area contributed by atoms with E-state index in [2.05, 4.69) is 15.3 Å². The van der Waals surface area contributed by atoms with Crippen LogP contribution in [0.1, 0.15) is 16.9 Å². The number of nitrogens with one attached hydrogen (secondary N) is 1. The first-order valence-corrected chi connectivity index (χ1v) is 5.63. The van der Waals surface area contributed by atoms with Crippen molar-refractivity contribution in [3.63, 3.8) is 0 Å². The zero-order valence-corrected chi connectivity index (χ0v) is 8.97. The van der Waals surface area contributed by atoms with Crippen molar-refractivity contribution in [2.45, 2.75) is 12.5 Å². The molecule has 0 unspecified atom stereocenters. The molecular formula is C11H14N4O. The Morgan fingerprint density at radius 3 is 3.19 bits per heavy atom. The van der Waals surface area contributed by atoms with Gasteiger partial charge >= 0.3 is 0 Å². The molecule has 1 N–H and O–H groups in total. The van der Waals surface area contributed by atoms with E-state index in [-0.39, 0.29) is 5.91 Å². The minimum atomic E-state index is 0.0265. The summed E-state index contributed by atoms with van der Waals surface area (Å²) < 4.78 is 0. The Kier molecular flexibility index (Phi) is 2.32. The van der Waals surface area contributed by atoms with E-state index in [9.17, 15) is 4.79 Å². The molecule has 16 heavy (non-hydrogen) atoms. The van der Waals surface area contributed by atoms with Gasteiger partial charge in [-0.2, -0.15) is 0 Å². The first kappa shape index (κ1) is 9.72. The van der Waals surface area contributed by atoms with Gasteiger partial charge in [0.1, 0.15) is 12.0 Å². The number of rotatable bonds is 1. The van der Waals surface area contributed by atoms with Crippen molar-refractivity contribution >= 4 is 5.91 Å². The zero-order chi connectivity index (χ0) is 11.0. The Labute approximate surface area is 93.9 Å². The summed E-state index contributed by atoms with van der Waals surface area (Å²) >= 11 is 0. The average molecular weight is 218 g/mol. The summed E-state index contributed by atoms with van der Waals surface area (Å²) in [6, 6.07) is 2.16. The number of nitrogens with zero attached hydrogens (tertiary/aromatic N) is 3. The number of carbonyl (C=O) groups excluding carboxylic acids is 1. The Bertz CT molecular complexity index is 382. The van der Waals surface area contributed by atoms with Gasteiger partial charge < -0.3 is 10.2 Å². The fraction of sp³-hybridized carbons (Fsp3) is 0.545. The van der Waals surface area contributed by atoms with E-state index in [0.29, 0.717) is 17.7 Å². The molecule has 0 aliphatic carbocycles. The third-order valence-electron chi connectivity index (χ3n) is 3.45. The fourth-order valence-electron chi connectivity index (χ4n) is 2.59. The molecule has 1 amide bonds. The number of fused-ring (bicyclic) bond motifs is 1. The van der Waals surface area contributed by atoms with Crippen LogP contribution in [0.4, 0.5) is 0 Å². The van der Waals surface area contributed by atoms with Crippen LogP contribution in [0.15, 0.2) is 18.6 Å². The van der Waals surface area contributed by atoms with Gasteiger partial charge in [-0.3, -0.25) is 4.79 Å². The number of aromatic nitrogens is 2. The Morgan fingerprint density at radius 2 is 2.44 bits per heavy atom. The molecule has 1 aromatic rings. The van der Waals surface area contributed by atoms with Crippen molar-refractivity contribution in [2.75, 3.05) is 19.6 Å². The molecule has 2 fully saturated rings. The molecule has 2 aliphatic rings. The monoisotopic (exact) mass is 218 g/mol. The second-order valence-electron chi connectivity index (χ2n) is 4.41. The Morgan fingerprint density at radius 1 is 1.50 bits per heavy atom. The van der Waals surface area contributed by atoms with Crippen molar-refractivity contribution < 1.29 is 4.79 Å². The third-order valence-corrected chi connectivity index (χ3v) is 3.45. The van der Waals surface area contributed by atoms with Crippen LogP contribution >= 0.6 is 0 Å². The van der Waals surface area contributed by atoms with Crippen LogP contribution in [0, 0.1) is 5.92 Å². The molecule has 2 saturated heterocycles. The van der Waals surface area contributed by atoms with E-state index in [0.717, 1.165) is 19.6 Å². The molecule has 0 radical (unpaired) electrons. The normalized spacial score (nSPS) is 28.1. The van der Waals surface area contributed by atoms with E-state index in [1.54, 1.807) is 12.3 Å². The molecule has 0 spiro atoms. The molecule has 84 valence electrons. The van der Waals surface area contributed by atoms with Crippen LogP contribution in [0.3, 0.4) is 0 Å². The highest BCUT2D eigenvalue weighted by Gasteiger charge is 2.38. The van der Waals surface area contributed by atoms with E-state index < -0.39 is 0 Å². The van der Waals surface area contributed by atoms with Gasteiger partial charge in [0.25, 0.3) is 5.91 Å². The first-order chi connectivity index (χ1) is 7.84. The summed E-state index contributed by atoms with van der Waals surface area (Å²) in [5.74, 6) is 0.657. The molecule has 3 heterocycles. The van der Waals surface area contributed by atoms with Crippen LogP contribution < -0.4 is 5.32 Å². The van der Waals surface area contributed by atoms with E-state index in [1.807, 2.05) is 4.90 Å². The van der Waals surface area contributed by atoms with Crippen LogP contribution in [0.5, 0.6) is 0 Å². The lowest BCUT2D eigenvalue weighted by Crippen LogP contribution is -2.34. The molecule has 2 aliphatic heterocycles. The molecule has 0 bridgehead atoms. The summed E-state index contributed by atoms with van der Waals surface area (Å²) in [7, 11) is 0. The summed E-state index contributed by atoms with van der Waals surface area (Å²) in [6.07, 6.45) is 4.20. The van der Waals surface area contributed by atoms with Crippen LogP contribution in [-0.2, 0) is 0 Å². The van der Waals surface area contributed by atoms with Crippen LogP contribution in [0.2, 0.25) is 0 Å². The largest absolute Gasteiger partial charge is 0.335 e. The fourth-order valence-corrected chi connectivity index (χ4v) is 2.59. The smallest absolute Gasteiger partial charge is 0.272 e. The van der Waals surface area contributed by atoms with Gasteiger partial charge in [-0.25, -0.2) is 9.97 Å². The maximum absolute atomic E-state index is 12.1. The second kappa shape index (κ2) is 3.83. The van der Waals surface area contributed by atoms with Crippen molar-refractivity contribution in [3.8, 4) is 0 Å². The second-order valence-corrected chi connectivity index (χ2v) is 4.41. The maximum atomic E-state index is 12.1. The highest BCUT2D eigenvalue weighted by atomic mass is 16.2. The van der Waals surface area contributed by atoms with E-state index >= 15 is 0 Å². The number of carbonyl (C=O) groups is 1. The quantitative estimate of drug-likeness (QED) is 0.715. The zero-order valence-electron chi connectivity index (χ0n) is 8.97. The van der Waals surface area contributed by atoms with Gasteiger partial charge in [0.05, 0.1) is 0 Å². The van der Waals surface area contributed by atoms with Crippen molar-refractivity contribution in [2.24, 2.45) is 5.92 Å². The van der Waals surface area contributed by atoms with Crippen molar-refractivity contribution in [1.82, 2.24) is 20.2 Å². The lowest BCUT2D eigenvalue weighted by atomic mass is 10.1. The van der Waals surface area contributed by atoms with E-state index in [1.165, 1.54) is 12.7 Å². The number of hydrogen-bond acceptors (Lipinski definition) is 4. The van der Waals surface area contributed by atoms with Gasteiger partial charge in [-0.1, -0.05) is 0 Å². The molecule has 5 heteroatoms. The Balaban J connectivity index is 1.73. The third kappa shape index (κ3) is 1.57. The maximum Gasteiger partial charge on any atom is 0.272 e. The van der Waals surface area contributed by atoms with Gasteiger partial charge in [0.2, 0.25) is 0 Å². The lowest BCUT2D eigenvalue weighted by Gasteiger charge is -2.16. The van der Waals surface area contributed by atoms with Crippen molar-refractivity contribution in [1.29, 1.82) is 0 Å². The standard InChI is InChI=1S/C11H14N4O/c16-11(9-2-3-12-7-14-9)15-5-8-1-4-13-10(8)6-15/h2-3,7-8,10,13H,1,4-6H2/t8-,10+/m1/s1. The number of likely N-dealkylation sites (tertiary alicyclic amines) is 1.